The Bertz CT molecular complexity index is 458. The maximum atomic E-state index is 11.8. The fourth-order valence-corrected chi connectivity index (χ4v) is 1.37. The van der Waals surface area contributed by atoms with Crippen LogP contribution in [0.1, 0.15) is 25.8 Å². The fourth-order valence-electron chi connectivity index (χ4n) is 1.37. The molecule has 0 bridgehead atoms. The van der Waals surface area contributed by atoms with Crippen LogP contribution in [0.5, 0.6) is 0 Å². The zero-order chi connectivity index (χ0) is 14.4. The molecule has 0 saturated heterocycles. The number of carbonyl (C=O) groups excluding carboxylic acids is 2. The SMILES string of the molecule is CC(C(=O)N[C@@H](CCC(N)=O)C(=O)O)n1cncn1. The van der Waals surface area contributed by atoms with E-state index in [9.17, 15) is 14.4 Å². The molecule has 1 heterocycles. The highest BCUT2D eigenvalue weighted by Crippen LogP contribution is 2.05. The van der Waals surface area contributed by atoms with Crippen LogP contribution in [0.15, 0.2) is 12.7 Å². The molecule has 9 heteroatoms. The number of nitrogens with zero attached hydrogens (tertiary/aromatic N) is 3. The summed E-state index contributed by atoms with van der Waals surface area (Å²) in [7, 11) is 0. The molecule has 4 N–H and O–H groups in total. The van der Waals surface area contributed by atoms with Crippen LogP contribution in [0.2, 0.25) is 0 Å². The molecule has 1 aromatic rings. The molecule has 2 atom stereocenters. The van der Waals surface area contributed by atoms with Gasteiger partial charge in [0.2, 0.25) is 11.8 Å². The molecule has 9 nitrogen and oxygen atoms in total. The minimum absolute atomic E-state index is 0.0551. The number of nitrogens with two attached hydrogens (primary N) is 1. The second-order valence-corrected chi connectivity index (χ2v) is 3.96. The molecule has 1 unspecified atom stereocenters. The van der Waals surface area contributed by atoms with Crippen molar-refractivity contribution in [1.29, 1.82) is 0 Å². The number of hydrogen-bond acceptors (Lipinski definition) is 5. The monoisotopic (exact) mass is 269 g/mol. The summed E-state index contributed by atoms with van der Waals surface area (Å²) in [6.07, 6.45) is 2.45. The molecule has 1 aromatic heterocycles. The van der Waals surface area contributed by atoms with Crippen LogP contribution in [0.4, 0.5) is 0 Å². The van der Waals surface area contributed by atoms with Crippen LogP contribution >= 0.6 is 0 Å². The highest BCUT2D eigenvalue weighted by Gasteiger charge is 2.24. The summed E-state index contributed by atoms with van der Waals surface area (Å²) in [4.78, 5) is 37.1. The predicted octanol–water partition coefficient (Wildman–Crippen LogP) is -1.33. The van der Waals surface area contributed by atoms with Crippen LogP contribution in [-0.4, -0.2) is 43.7 Å². The summed E-state index contributed by atoms with van der Waals surface area (Å²) in [5, 5.41) is 15.1. The summed E-state index contributed by atoms with van der Waals surface area (Å²) in [5.74, 6) is -2.37. The topological polar surface area (TPSA) is 140 Å². The Hall–Kier alpha value is -2.45. The summed E-state index contributed by atoms with van der Waals surface area (Å²) < 4.78 is 1.29. The number of carbonyl (C=O) groups is 3. The maximum Gasteiger partial charge on any atom is 0.326 e. The highest BCUT2D eigenvalue weighted by atomic mass is 16.4. The lowest BCUT2D eigenvalue weighted by atomic mass is 10.1. The van der Waals surface area contributed by atoms with Crippen molar-refractivity contribution < 1.29 is 19.5 Å². The number of carboxylic acids is 1. The predicted molar refractivity (Wildman–Crippen MR) is 62.7 cm³/mol. The Morgan fingerprint density at radius 2 is 2.16 bits per heavy atom. The lowest BCUT2D eigenvalue weighted by Crippen LogP contribution is -2.44. The molecule has 0 aliphatic carbocycles. The second kappa shape index (κ2) is 6.47. The third-order valence-electron chi connectivity index (χ3n) is 2.51. The number of hydrogen-bond donors (Lipinski definition) is 3. The molecule has 0 aromatic carbocycles. The van der Waals surface area contributed by atoms with E-state index in [1.807, 2.05) is 0 Å². The summed E-state index contributed by atoms with van der Waals surface area (Å²) in [5.41, 5.74) is 4.94. The minimum atomic E-state index is -1.22. The summed E-state index contributed by atoms with van der Waals surface area (Å²) >= 11 is 0. The number of aromatic nitrogens is 3. The van der Waals surface area contributed by atoms with E-state index in [1.54, 1.807) is 6.92 Å². The van der Waals surface area contributed by atoms with Gasteiger partial charge in [0.15, 0.2) is 0 Å². The van der Waals surface area contributed by atoms with Gasteiger partial charge in [0.05, 0.1) is 0 Å². The molecule has 1 rings (SSSR count). The Morgan fingerprint density at radius 1 is 1.47 bits per heavy atom. The number of carboxylic acid groups (broad SMARTS) is 1. The standard InChI is InChI=1S/C10H15N5O4/c1-6(15-5-12-4-13-15)9(17)14-7(10(18)19)2-3-8(11)16/h4-7H,2-3H2,1H3,(H2,11,16)(H,14,17)(H,18,19)/t6?,7-/m0/s1. The first-order valence-electron chi connectivity index (χ1n) is 5.57. The molecule has 0 spiro atoms. The van der Waals surface area contributed by atoms with Crippen molar-refractivity contribution in [3.8, 4) is 0 Å². The summed E-state index contributed by atoms with van der Waals surface area (Å²) in [6, 6.07) is -1.86. The van der Waals surface area contributed by atoms with Gasteiger partial charge in [0, 0.05) is 6.42 Å². The van der Waals surface area contributed by atoms with Gasteiger partial charge in [0.25, 0.3) is 0 Å². The zero-order valence-electron chi connectivity index (χ0n) is 10.3. The van der Waals surface area contributed by atoms with Gasteiger partial charge in [-0.3, -0.25) is 9.59 Å². The largest absolute Gasteiger partial charge is 0.480 e. The molecule has 0 aliphatic heterocycles. The van der Waals surface area contributed by atoms with Gasteiger partial charge in [-0.05, 0) is 13.3 Å². The normalized spacial score (nSPS) is 13.5. The highest BCUT2D eigenvalue weighted by molar-refractivity contribution is 5.86. The third kappa shape index (κ3) is 4.37. The van der Waals surface area contributed by atoms with Crippen molar-refractivity contribution in [1.82, 2.24) is 20.1 Å². The number of rotatable bonds is 7. The molecule has 2 amide bonds. The van der Waals surface area contributed by atoms with Gasteiger partial charge < -0.3 is 16.2 Å². The van der Waals surface area contributed by atoms with E-state index in [4.69, 9.17) is 10.8 Å². The number of primary amides is 1. The minimum Gasteiger partial charge on any atom is -0.480 e. The van der Waals surface area contributed by atoms with Gasteiger partial charge >= 0.3 is 5.97 Å². The molecule has 0 saturated carbocycles. The molecular weight excluding hydrogens is 254 g/mol. The maximum absolute atomic E-state index is 11.8. The van der Waals surface area contributed by atoms with E-state index in [0.29, 0.717) is 0 Å². The first-order valence-corrected chi connectivity index (χ1v) is 5.57. The van der Waals surface area contributed by atoms with Crippen LogP contribution < -0.4 is 11.1 Å². The summed E-state index contributed by atoms with van der Waals surface area (Å²) in [6.45, 7) is 1.55. The number of amides is 2. The van der Waals surface area contributed by atoms with Crippen molar-refractivity contribution in [3.63, 3.8) is 0 Å². The average molecular weight is 269 g/mol. The van der Waals surface area contributed by atoms with Gasteiger partial charge in [0.1, 0.15) is 24.7 Å². The van der Waals surface area contributed by atoms with Crippen LogP contribution in [0.3, 0.4) is 0 Å². The molecule has 0 radical (unpaired) electrons. The molecule has 104 valence electrons. The van der Waals surface area contributed by atoms with E-state index in [2.05, 4.69) is 15.4 Å². The molecular formula is C10H15N5O4. The van der Waals surface area contributed by atoms with E-state index in [0.717, 1.165) is 0 Å². The van der Waals surface area contributed by atoms with Crippen molar-refractivity contribution in [2.24, 2.45) is 5.73 Å². The Balaban J connectivity index is 2.61. The van der Waals surface area contributed by atoms with Crippen LogP contribution in [-0.2, 0) is 14.4 Å². The van der Waals surface area contributed by atoms with Crippen molar-refractivity contribution in [3.05, 3.63) is 12.7 Å². The Labute approximate surface area is 108 Å². The molecule has 0 fully saturated rings. The van der Waals surface area contributed by atoms with Gasteiger partial charge in [-0.1, -0.05) is 0 Å². The quantitative estimate of drug-likeness (QED) is 0.560. The van der Waals surface area contributed by atoms with E-state index in [1.165, 1.54) is 17.3 Å². The molecule has 0 aliphatic rings. The van der Waals surface area contributed by atoms with Crippen molar-refractivity contribution in [2.45, 2.75) is 31.8 Å². The Kier molecular flexibility index (Phi) is 4.98. The lowest BCUT2D eigenvalue weighted by Gasteiger charge is -2.17. The van der Waals surface area contributed by atoms with E-state index in [-0.39, 0.29) is 12.8 Å². The average Bonchev–Trinajstić information content (AvgIpc) is 2.86. The lowest BCUT2D eigenvalue weighted by molar-refractivity contribution is -0.142. The number of nitrogens with one attached hydrogen (secondary N) is 1. The molecule has 19 heavy (non-hydrogen) atoms. The Morgan fingerprint density at radius 3 is 2.63 bits per heavy atom. The van der Waals surface area contributed by atoms with E-state index >= 15 is 0 Å². The smallest absolute Gasteiger partial charge is 0.326 e. The fraction of sp³-hybridized carbons (Fsp3) is 0.500. The first-order chi connectivity index (χ1) is 8.91. The third-order valence-corrected chi connectivity index (χ3v) is 2.51. The second-order valence-electron chi connectivity index (χ2n) is 3.96. The van der Waals surface area contributed by atoms with Gasteiger partial charge in [-0.25, -0.2) is 14.5 Å². The zero-order valence-corrected chi connectivity index (χ0v) is 10.3. The van der Waals surface area contributed by atoms with Crippen molar-refractivity contribution >= 4 is 17.8 Å². The van der Waals surface area contributed by atoms with E-state index < -0.39 is 29.9 Å². The van der Waals surface area contributed by atoms with Crippen LogP contribution in [0.25, 0.3) is 0 Å². The van der Waals surface area contributed by atoms with Crippen LogP contribution in [0, 0.1) is 0 Å². The van der Waals surface area contributed by atoms with Gasteiger partial charge in [-0.2, -0.15) is 5.10 Å². The van der Waals surface area contributed by atoms with Gasteiger partial charge in [-0.15, -0.1) is 0 Å². The first kappa shape index (κ1) is 14.6. The number of aliphatic carboxylic acids is 1. The van der Waals surface area contributed by atoms with Crippen molar-refractivity contribution in [2.75, 3.05) is 0 Å².